The third kappa shape index (κ3) is 2.83. The smallest absolute Gasteiger partial charge is 0.191 e. The summed E-state index contributed by atoms with van der Waals surface area (Å²) in [5, 5.41) is 0. The lowest BCUT2D eigenvalue weighted by molar-refractivity contribution is 0.199. The molecule has 1 aromatic carbocycles. The van der Waals surface area contributed by atoms with Crippen LogP contribution in [0.15, 0.2) is 42.0 Å². The molecule has 0 saturated heterocycles. The first kappa shape index (κ1) is 11.6. The van der Waals surface area contributed by atoms with E-state index in [0.29, 0.717) is 0 Å². The molecule has 86 valence electrons. The van der Waals surface area contributed by atoms with Gasteiger partial charge in [0.15, 0.2) is 8.32 Å². The van der Waals surface area contributed by atoms with Gasteiger partial charge >= 0.3 is 0 Å². The van der Waals surface area contributed by atoms with Gasteiger partial charge in [0.05, 0.1) is 6.10 Å². The molecular formula is C14H20OSi. The van der Waals surface area contributed by atoms with Crippen LogP contribution >= 0.6 is 0 Å². The van der Waals surface area contributed by atoms with E-state index in [9.17, 15) is 0 Å². The standard InChI is InChI=1S/C14H20OSi/c1-12-9-10-16(2,3)15-14(11-12)13-7-5-4-6-8-13/h4-9,14H,10-11H2,1-3H3. The van der Waals surface area contributed by atoms with Gasteiger partial charge in [-0.2, -0.15) is 0 Å². The monoisotopic (exact) mass is 232 g/mol. The second-order valence-electron chi connectivity index (χ2n) is 5.24. The number of benzene rings is 1. The van der Waals surface area contributed by atoms with Crippen LogP contribution in [0.1, 0.15) is 25.0 Å². The Morgan fingerprint density at radius 3 is 2.56 bits per heavy atom. The van der Waals surface area contributed by atoms with Crippen LogP contribution in [0.4, 0.5) is 0 Å². The van der Waals surface area contributed by atoms with Crippen LogP contribution in [0.25, 0.3) is 0 Å². The average Bonchev–Trinajstić information content (AvgIpc) is 2.39. The maximum absolute atomic E-state index is 6.34. The summed E-state index contributed by atoms with van der Waals surface area (Å²) in [6, 6.07) is 11.7. The first-order valence-corrected chi connectivity index (χ1v) is 9.07. The summed E-state index contributed by atoms with van der Waals surface area (Å²) in [6.45, 7) is 6.82. The van der Waals surface area contributed by atoms with Crippen LogP contribution in [0.3, 0.4) is 0 Å². The van der Waals surface area contributed by atoms with Crippen molar-refractivity contribution in [3.05, 3.63) is 47.5 Å². The molecule has 0 aliphatic carbocycles. The second kappa shape index (κ2) is 4.56. The summed E-state index contributed by atoms with van der Waals surface area (Å²) < 4.78 is 6.34. The molecule has 2 heteroatoms. The van der Waals surface area contributed by atoms with Crippen molar-refractivity contribution in [2.75, 3.05) is 0 Å². The first-order valence-electron chi connectivity index (χ1n) is 5.95. The van der Waals surface area contributed by atoms with Crippen LogP contribution in [0.5, 0.6) is 0 Å². The Labute approximate surface area is 99.3 Å². The van der Waals surface area contributed by atoms with E-state index in [2.05, 4.69) is 56.4 Å². The Morgan fingerprint density at radius 1 is 1.19 bits per heavy atom. The van der Waals surface area contributed by atoms with Gasteiger partial charge in [0, 0.05) is 0 Å². The molecule has 1 unspecified atom stereocenters. The fourth-order valence-corrected chi connectivity index (χ4v) is 4.05. The molecule has 1 atom stereocenters. The van der Waals surface area contributed by atoms with E-state index < -0.39 is 8.32 Å². The Morgan fingerprint density at radius 2 is 1.88 bits per heavy atom. The largest absolute Gasteiger partial charge is 0.410 e. The fourth-order valence-electron chi connectivity index (χ4n) is 2.12. The Hall–Kier alpha value is -0.863. The average molecular weight is 232 g/mol. The van der Waals surface area contributed by atoms with E-state index in [0.717, 1.165) is 12.5 Å². The van der Waals surface area contributed by atoms with Gasteiger partial charge in [-0.25, -0.2) is 0 Å². The maximum atomic E-state index is 6.34. The number of rotatable bonds is 1. The Bertz CT molecular complexity index is 381. The van der Waals surface area contributed by atoms with Crippen LogP contribution in [0.2, 0.25) is 19.1 Å². The molecular weight excluding hydrogens is 212 g/mol. The summed E-state index contributed by atoms with van der Waals surface area (Å²) in [4.78, 5) is 0. The second-order valence-corrected chi connectivity index (χ2v) is 9.40. The summed E-state index contributed by atoms with van der Waals surface area (Å²) in [5.41, 5.74) is 2.78. The third-order valence-electron chi connectivity index (χ3n) is 3.08. The molecule has 0 bridgehead atoms. The Kier molecular flexibility index (Phi) is 3.31. The fraction of sp³-hybridized carbons (Fsp3) is 0.429. The molecule has 1 aliphatic heterocycles. The summed E-state index contributed by atoms with van der Waals surface area (Å²) in [7, 11) is -1.50. The van der Waals surface area contributed by atoms with E-state index >= 15 is 0 Å². The van der Waals surface area contributed by atoms with Crippen molar-refractivity contribution in [1.29, 1.82) is 0 Å². The van der Waals surface area contributed by atoms with Crippen LogP contribution < -0.4 is 0 Å². The molecule has 2 rings (SSSR count). The van der Waals surface area contributed by atoms with Gasteiger partial charge in [-0.3, -0.25) is 0 Å². The van der Waals surface area contributed by atoms with Crippen molar-refractivity contribution in [3.8, 4) is 0 Å². The van der Waals surface area contributed by atoms with Gasteiger partial charge < -0.3 is 4.43 Å². The number of allylic oxidation sites excluding steroid dienone is 1. The van der Waals surface area contributed by atoms with Crippen molar-refractivity contribution in [2.24, 2.45) is 0 Å². The lowest BCUT2D eigenvalue weighted by Crippen LogP contribution is -2.30. The van der Waals surface area contributed by atoms with Crippen molar-refractivity contribution in [2.45, 2.75) is 38.6 Å². The van der Waals surface area contributed by atoms with Gasteiger partial charge in [-0.1, -0.05) is 42.0 Å². The summed E-state index contributed by atoms with van der Waals surface area (Å²) in [6.07, 6.45) is 3.68. The minimum absolute atomic E-state index is 0.265. The third-order valence-corrected chi connectivity index (χ3v) is 5.19. The van der Waals surface area contributed by atoms with Gasteiger partial charge in [0.1, 0.15) is 0 Å². The lowest BCUT2D eigenvalue weighted by atomic mass is 10.0. The highest BCUT2D eigenvalue weighted by atomic mass is 28.4. The maximum Gasteiger partial charge on any atom is 0.191 e. The zero-order chi connectivity index (χ0) is 11.6. The van der Waals surface area contributed by atoms with Gasteiger partial charge in [0.2, 0.25) is 0 Å². The van der Waals surface area contributed by atoms with Crippen molar-refractivity contribution < 1.29 is 4.43 Å². The quantitative estimate of drug-likeness (QED) is 0.518. The van der Waals surface area contributed by atoms with E-state index in [4.69, 9.17) is 4.43 Å². The minimum atomic E-state index is -1.50. The molecule has 0 aromatic heterocycles. The number of hydrogen-bond donors (Lipinski definition) is 0. The lowest BCUT2D eigenvalue weighted by Gasteiger charge is -2.26. The van der Waals surface area contributed by atoms with E-state index in [-0.39, 0.29) is 6.10 Å². The molecule has 0 saturated carbocycles. The van der Waals surface area contributed by atoms with Gasteiger partial charge in [-0.15, -0.1) is 0 Å². The summed E-state index contributed by atoms with van der Waals surface area (Å²) >= 11 is 0. The van der Waals surface area contributed by atoms with Crippen molar-refractivity contribution >= 4 is 8.32 Å². The molecule has 1 aromatic rings. The van der Waals surface area contributed by atoms with Crippen LogP contribution in [-0.4, -0.2) is 8.32 Å². The van der Waals surface area contributed by atoms with Gasteiger partial charge in [-0.05, 0) is 38.0 Å². The highest BCUT2D eigenvalue weighted by Gasteiger charge is 2.29. The van der Waals surface area contributed by atoms with Crippen LogP contribution in [-0.2, 0) is 4.43 Å². The zero-order valence-corrected chi connectivity index (χ0v) is 11.4. The van der Waals surface area contributed by atoms with Gasteiger partial charge in [0.25, 0.3) is 0 Å². The van der Waals surface area contributed by atoms with Crippen LogP contribution in [0, 0.1) is 0 Å². The molecule has 0 N–H and O–H groups in total. The van der Waals surface area contributed by atoms with Crippen molar-refractivity contribution in [3.63, 3.8) is 0 Å². The molecule has 0 spiro atoms. The Balaban J connectivity index is 2.25. The van der Waals surface area contributed by atoms with E-state index in [1.54, 1.807) is 0 Å². The molecule has 1 aliphatic rings. The zero-order valence-electron chi connectivity index (χ0n) is 10.4. The highest BCUT2D eigenvalue weighted by molar-refractivity contribution is 6.71. The summed E-state index contributed by atoms with van der Waals surface area (Å²) in [5.74, 6) is 0. The molecule has 0 fully saturated rings. The highest BCUT2D eigenvalue weighted by Crippen LogP contribution is 2.33. The van der Waals surface area contributed by atoms with E-state index in [1.165, 1.54) is 11.1 Å². The predicted molar refractivity (Wildman–Crippen MR) is 70.9 cm³/mol. The molecule has 1 nitrogen and oxygen atoms in total. The first-order chi connectivity index (χ1) is 7.57. The predicted octanol–water partition coefficient (Wildman–Crippen LogP) is 4.30. The SMILES string of the molecule is CC1=CC[Si](C)(C)OC(c2ccccc2)C1. The molecule has 1 heterocycles. The molecule has 0 amide bonds. The molecule has 16 heavy (non-hydrogen) atoms. The minimum Gasteiger partial charge on any atom is -0.410 e. The van der Waals surface area contributed by atoms with Crippen molar-refractivity contribution in [1.82, 2.24) is 0 Å². The van der Waals surface area contributed by atoms with E-state index in [1.807, 2.05) is 0 Å². The molecule has 0 radical (unpaired) electrons. The number of hydrogen-bond acceptors (Lipinski definition) is 1. The normalized spacial score (nSPS) is 24.7. The topological polar surface area (TPSA) is 9.23 Å².